The van der Waals surface area contributed by atoms with Crippen molar-refractivity contribution in [1.29, 1.82) is 0 Å². The van der Waals surface area contributed by atoms with Crippen molar-refractivity contribution in [3.63, 3.8) is 0 Å². The summed E-state index contributed by atoms with van der Waals surface area (Å²) in [6.45, 7) is 20.6. The first-order valence-corrected chi connectivity index (χ1v) is 6.53. The molecule has 0 unspecified atom stereocenters. The predicted octanol–water partition coefficient (Wildman–Crippen LogP) is 6.03. The molecule has 0 aliphatic carbocycles. The molecule has 2 heteroatoms. The zero-order chi connectivity index (χ0) is 14.9. The Balaban J connectivity index is -0.0000000264. The van der Waals surface area contributed by atoms with Crippen LogP contribution in [0.1, 0.15) is 53.9 Å². The maximum atomic E-state index is 3.55. The molecule has 0 saturated heterocycles. The van der Waals surface area contributed by atoms with Gasteiger partial charge in [0.15, 0.2) is 0 Å². The molecule has 0 aliphatic rings. The molecule has 0 fully saturated rings. The molecule has 0 radical (unpaired) electrons. The van der Waals surface area contributed by atoms with Gasteiger partial charge in [0.2, 0.25) is 0 Å². The molecule has 0 aliphatic heterocycles. The molecule has 0 aromatic heterocycles. The molecule has 0 aromatic carbocycles. The average molecular weight is 280 g/mol. The van der Waals surface area contributed by atoms with Crippen LogP contribution in [0.2, 0.25) is 0 Å². The van der Waals surface area contributed by atoms with E-state index in [1.165, 1.54) is 6.42 Å². The molecule has 0 rings (SSSR count). The Hall–Kier alpha value is -0.530. The molecule has 0 aromatic rings. The Kier molecular flexibility index (Phi) is 188. The van der Waals surface area contributed by atoms with E-state index in [2.05, 4.69) is 38.9 Å². The van der Waals surface area contributed by atoms with E-state index in [0.29, 0.717) is 0 Å². The van der Waals surface area contributed by atoms with Crippen molar-refractivity contribution >= 4 is 12.4 Å². The Morgan fingerprint density at radius 3 is 1.06 bits per heavy atom. The smallest absolute Gasteiger partial charge is 0.0167 e. The van der Waals surface area contributed by atoms with Crippen molar-refractivity contribution < 1.29 is 0 Å². The van der Waals surface area contributed by atoms with Crippen LogP contribution in [0.4, 0.5) is 0 Å². The molecule has 0 amide bonds. The predicted molar refractivity (Wildman–Crippen MR) is 95.0 cm³/mol. The van der Waals surface area contributed by atoms with Crippen molar-refractivity contribution in [3.05, 3.63) is 38.0 Å². The van der Waals surface area contributed by atoms with Gasteiger partial charge >= 0.3 is 0 Å². The van der Waals surface area contributed by atoms with E-state index in [4.69, 9.17) is 0 Å². The third-order valence-electron chi connectivity index (χ3n) is 0.575. The van der Waals surface area contributed by atoms with Gasteiger partial charge in [-0.2, -0.15) is 0 Å². The first kappa shape index (κ1) is 36.0. The van der Waals surface area contributed by atoms with Gasteiger partial charge in [0.1, 0.15) is 0 Å². The van der Waals surface area contributed by atoms with Crippen molar-refractivity contribution in [2.24, 2.45) is 0 Å². The summed E-state index contributed by atoms with van der Waals surface area (Å²) in [4.78, 5) is 0. The number of unbranched alkanes of at least 4 members (excludes halogenated alkanes) is 1. The van der Waals surface area contributed by atoms with Crippen LogP contribution in [0.25, 0.3) is 0 Å². The lowest BCUT2D eigenvalue weighted by molar-refractivity contribution is 1.02. The number of hydrogen-bond donors (Lipinski definition) is 1. The van der Waals surface area contributed by atoms with Crippen LogP contribution in [0, 0.1) is 0 Å². The van der Waals surface area contributed by atoms with Gasteiger partial charge in [-0.05, 0) is 33.9 Å². The Labute approximate surface area is 124 Å². The fraction of sp³-hybridized carbons (Fsp3) is 0.625. The topological polar surface area (TPSA) is 12.0 Å². The van der Waals surface area contributed by atoms with E-state index in [-0.39, 0.29) is 12.4 Å². The fourth-order valence-corrected chi connectivity index (χ4v) is 0.236. The van der Waals surface area contributed by atoms with Crippen molar-refractivity contribution in [2.45, 2.75) is 53.9 Å². The number of rotatable bonds is 3. The largest absolute Gasteiger partial charge is 0.323 e. The Morgan fingerprint density at radius 1 is 0.889 bits per heavy atom. The normalized spacial score (nSPS) is 5.50. The van der Waals surface area contributed by atoms with E-state index in [9.17, 15) is 0 Å². The second-order valence-electron chi connectivity index (χ2n) is 2.77. The highest BCUT2D eigenvalue weighted by Gasteiger charge is 1.66. The minimum Gasteiger partial charge on any atom is -0.323 e. The van der Waals surface area contributed by atoms with Gasteiger partial charge in [-0.1, -0.05) is 52.3 Å². The van der Waals surface area contributed by atoms with Crippen LogP contribution in [0.15, 0.2) is 38.0 Å². The molecule has 0 bridgehead atoms. The highest BCUT2D eigenvalue weighted by atomic mass is 35.5. The lowest BCUT2D eigenvalue weighted by atomic mass is 10.3. The second kappa shape index (κ2) is 94.2. The molecule has 1 nitrogen and oxygen atoms in total. The standard InChI is InChI=1S/C6H10.C3H8.C3H6.C2H7N.C2H6.ClH/c1-3-5-6-4-2;3*1-3-2;1-2;/h3-4H,1-2,5-6H2;3H2,1-2H3;3H,1H2,2H3;3H,1-2H3;1-2H3;1H. The minimum absolute atomic E-state index is 0. The van der Waals surface area contributed by atoms with Crippen molar-refractivity contribution in [2.75, 3.05) is 14.1 Å². The lowest BCUT2D eigenvalue weighted by Crippen LogP contribution is -1.89. The van der Waals surface area contributed by atoms with Crippen LogP contribution in [-0.2, 0) is 0 Å². The first-order valence-electron chi connectivity index (χ1n) is 6.53. The molecule has 0 saturated carbocycles. The van der Waals surface area contributed by atoms with E-state index in [1.54, 1.807) is 6.08 Å². The van der Waals surface area contributed by atoms with Gasteiger partial charge in [-0.15, -0.1) is 32.1 Å². The van der Waals surface area contributed by atoms with Crippen LogP contribution in [0.3, 0.4) is 0 Å². The minimum atomic E-state index is 0. The maximum Gasteiger partial charge on any atom is -0.0167 e. The molecule has 1 N–H and O–H groups in total. The van der Waals surface area contributed by atoms with Gasteiger partial charge in [-0.25, -0.2) is 0 Å². The molecule has 0 atom stereocenters. The maximum absolute atomic E-state index is 3.55. The van der Waals surface area contributed by atoms with Crippen LogP contribution < -0.4 is 5.32 Å². The third-order valence-corrected chi connectivity index (χ3v) is 0.575. The van der Waals surface area contributed by atoms with E-state index < -0.39 is 0 Å². The monoisotopic (exact) mass is 279 g/mol. The Morgan fingerprint density at radius 2 is 1.00 bits per heavy atom. The number of allylic oxidation sites excluding steroid dienone is 3. The highest BCUT2D eigenvalue weighted by molar-refractivity contribution is 5.85. The summed E-state index contributed by atoms with van der Waals surface area (Å²) in [5.74, 6) is 0. The quantitative estimate of drug-likeness (QED) is 0.491. The molecule has 18 heavy (non-hydrogen) atoms. The van der Waals surface area contributed by atoms with Gasteiger partial charge in [0.25, 0.3) is 0 Å². The van der Waals surface area contributed by atoms with Gasteiger partial charge < -0.3 is 5.32 Å². The summed E-state index contributed by atoms with van der Waals surface area (Å²) in [7, 11) is 3.75. The van der Waals surface area contributed by atoms with Crippen molar-refractivity contribution in [3.8, 4) is 0 Å². The average Bonchev–Trinajstić information content (AvgIpc) is 2.32. The van der Waals surface area contributed by atoms with E-state index in [1.807, 2.05) is 47.0 Å². The van der Waals surface area contributed by atoms with E-state index in [0.717, 1.165) is 12.8 Å². The SMILES string of the molecule is C=CC.C=CCCC=C.CC.CCC.CNC.Cl. The fourth-order valence-electron chi connectivity index (χ4n) is 0.236. The van der Waals surface area contributed by atoms with Gasteiger partial charge in [0, 0.05) is 0 Å². The summed E-state index contributed by atoms with van der Waals surface area (Å²) < 4.78 is 0. The Bertz CT molecular complexity index is 91.3. The zero-order valence-corrected chi connectivity index (χ0v) is 14.7. The van der Waals surface area contributed by atoms with E-state index >= 15 is 0 Å². The zero-order valence-electron chi connectivity index (χ0n) is 13.9. The summed E-state index contributed by atoms with van der Waals surface area (Å²) in [6, 6.07) is 0. The van der Waals surface area contributed by atoms with Gasteiger partial charge in [-0.3, -0.25) is 0 Å². The molecule has 0 heterocycles. The number of halogens is 1. The lowest BCUT2D eigenvalue weighted by Gasteiger charge is -1.76. The third kappa shape index (κ3) is 531. The van der Waals surface area contributed by atoms with Gasteiger partial charge in [0.05, 0.1) is 0 Å². The molecule has 0 spiro atoms. The van der Waals surface area contributed by atoms with Crippen LogP contribution in [0.5, 0.6) is 0 Å². The van der Waals surface area contributed by atoms with Crippen LogP contribution >= 0.6 is 12.4 Å². The first-order chi connectivity index (χ1) is 8.16. The number of nitrogens with one attached hydrogen (secondary N) is 1. The summed E-state index contributed by atoms with van der Waals surface area (Å²) in [5.41, 5.74) is 0. The summed E-state index contributed by atoms with van der Waals surface area (Å²) >= 11 is 0. The molecular formula is C16H38ClN. The molecule has 114 valence electrons. The highest BCUT2D eigenvalue weighted by Crippen LogP contribution is 1.86. The summed E-state index contributed by atoms with van der Waals surface area (Å²) in [6.07, 6.45) is 8.90. The number of hydrogen-bond acceptors (Lipinski definition) is 1. The van der Waals surface area contributed by atoms with Crippen molar-refractivity contribution in [1.82, 2.24) is 5.32 Å². The van der Waals surface area contributed by atoms with Crippen LogP contribution in [-0.4, -0.2) is 14.1 Å². The summed E-state index contributed by atoms with van der Waals surface area (Å²) in [5, 5.41) is 2.75. The molecular weight excluding hydrogens is 242 g/mol. The second-order valence-corrected chi connectivity index (χ2v) is 2.77.